The summed E-state index contributed by atoms with van der Waals surface area (Å²) < 4.78 is 15.3. The number of unbranched alkanes of at least 4 members (excludes halogenated alkanes) is 4. The van der Waals surface area contributed by atoms with Gasteiger partial charge in [-0.3, -0.25) is 9.59 Å². The molecule has 1 heterocycles. The van der Waals surface area contributed by atoms with Crippen LogP contribution in [0.3, 0.4) is 0 Å². The third-order valence-electron chi connectivity index (χ3n) is 4.84. The third-order valence-corrected chi connectivity index (χ3v) is 4.84. The summed E-state index contributed by atoms with van der Waals surface area (Å²) in [5.74, 6) is -0.832. The van der Waals surface area contributed by atoms with Crippen LogP contribution in [0.2, 0.25) is 0 Å². The maximum absolute atomic E-state index is 11.6. The number of hydrogen-bond donors (Lipinski definition) is 1. The first-order chi connectivity index (χ1) is 15.0. The van der Waals surface area contributed by atoms with E-state index >= 15 is 0 Å². The minimum absolute atomic E-state index is 0.161. The number of aliphatic hydroxyl groups excluding tert-OH is 1. The highest BCUT2D eigenvalue weighted by Gasteiger charge is 2.35. The lowest BCUT2D eigenvalue weighted by Crippen LogP contribution is -2.24. The Morgan fingerprint density at radius 2 is 1.52 bits per heavy atom. The highest BCUT2D eigenvalue weighted by Crippen LogP contribution is 2.29. The SMILES string of the molecule is CCCCC/C=C\C/C=C\CC1OC1C/C=C\CCCC(=O)OC[C@H](O)COC(C)=O. The molecule has 1 saturated heterocycles. The predicted molar refractivity (Wildman–Crippen MR) is 122 cm³/mol. The number of carbonyl (C=O) groups is 2. The number of epoxide rings is 1. The van der Waals surface area contributed by atoms with Crippen molar-refractivity contribution in [3.63, 3.8) is 0 Å². The number of hydrogen-bond acceptors (Lipinski definition) is 6. The lowest BCUT2D eigenvalue weighted by atomic mass is 10.1. The van der Waals surface area contributed by atoms with E-state index in [2.05, 4.69) is 48.1 Å². The zero-order valence-electron chi connectivity index (χ0n) is 19.2. The van der Waals surface area contributed by atoms with Crippen LogP contribution in [0.25, 0.3) is 0 Å². The second kappa shape index (κ2) is 17.7. The van der Waals surface area contributed by atoms with Crippen molar-refractivity contribution in [2.45, 2.75) is 96.4 Å². The molecule has 6 nitrogen and oxygen atoms in total. The molecule has 0 aromatic rings. The van der Waals surface area contributed by atoms with Crippen LogP contribution in [0.15, 0.2) is 36.5 Å². The van der Waals surface area contributed by atoms with E-state index in [1.54, 1.807) is 0 Å². The van der Waals surface area contributed by atoms with Crippen molar-refractivity contribution in [1.82, 2.24) is 0 Å². The number of esters is 2. The van der Waals surface area contributed by atoms with Gasteiger partial charge in [0.2, 0.25) is 0 Å². The Balaban J connectivity index is 1.95. The fraction of sp³-hybridized carbons (Fsp3) is 0.680. The monoisotopic (exact) mass is 436 g/mol. The number of rotatable bonds is 18. The molecule has 2 unspecified atom stereocenters. The summed E-state index contributed by atoms with van der Waals surface area (Å²) in [6, 6.07) is 0. The molecule has 0 aliphatic carbocycles. The molecule has 1 rings (SSSR count). The van der Waals surface area contributed by atoms with Crippen LogP contribution in [0, 0.1) is 0 Å². The lowest BCUT2D eigenvalue weighted by Gasteiger charge is -2.10. The molecular formula is C25H40O6. The molecule has 31 heavy (non-hydrogen) atoms. The number of carbonyl (C=O) groups excluding carboxylic acids is 2. The first kappa shape index (κ1) is 27.1. The molecule has 1 aliphatic heterocycles. The van der Waals surface area contributed by atoms with Crippen molar-refractivity contribution >= 4 is 11.9 Å². The van der Waals surface area contributed by atoms with Gasteiger partial charge in [0.15, 0.2) is 0 Å². The number of ether oxygens (including phenoxy) is 3. The summed E-state index contributed by atoms with van der Waals surface area (Å²) in [6.45, 7) is 3.16. The molecule has 0 saturated carbocycles. The minimum atomic E-state index is -0.985. The van der Waals surface area contributed by atoms with Gasteiger partial charge >= 0.3 is 11.9 Å². The van der Waals surface area contributed by atoms with Crippen molar-refractivity contribution in [2.24, 2.45) is 0 Å². The standard InChI is InChI=1S/C25H40O6/c1-3-4-5-6-7-8-9-10-13-16-23-24(31-23)17-14-11-12-15-18-25(28)30-20-22(27)19-29-21(2)26/h7-8,10-11,13-14,22-24,27H,3-6,9,12,15-20H2,1-2H3/b8-7-,13-10-,14-11-/t22-,23?,24?/m1/s1. The van der Waals surface area contributed by atoms with E-state index in [1.165, 1.54) is 32.6 Å². The molecule has 1 fully saturated rings. The average molecular weight is 437 g/mol. The quantitative estimate of drug-likeness (QED) is 0.144. The molecule has 0 spiro atoms. The average Bonchev–Trinajstić information content (AvgIpc) is 3.50. The highest BCUT2D eigenvalue weighted by molar-refractivity contribution is 5.69. The fourth-order valence-corrected chi connectivity index (χ4v) is 2.96. The predicted octanol–water partition coefficient (Wildman–Crippen LogP) is 4.81. The van der Waals surface area contributed by atoms with Crippen LogP contribution in [0.5, 0.6) is 0 Å². The van der Waals surface area contributed by atoms with E-state index in [1.807, 2.05) is 0 Å². The molecule has 0 aromatic heterocycles. The van der Waals surface area contributed by atoms with Gasteiger partial charge in [0, 0.05) is 13.3 Å². The zero-order chi connectivity index (χ0) is 22.7. The summed E-state index contributed by atoms with van der Waals surface area (Å²) in [5, 5.41) is 9.51. The van der Waals surface area contributed by atoms with Crippen molar-refractivity contribution in [1.29, 1.82) is 0 Å². The van der Waals surface area contributed by atoms with Crippen LogP contribution in [0.1, 0.15) is 78.1 Å². The summed E-state index contributed by atoms with van der Waals surface area (Å²) >= 11 is 0. The smallest absolute Gasteiger partial charge is 0.305 e. The Kier molecular flexibility index (Phi) is 15.5. The summed E-state index contributed by atoms with van der Waals surface area (Å²) in [5.41, 5.74) is 0. The molecule has 1 aliphatic rings. The second-order valence-corrected chi connectivity index (χ2v) is 7.86. The van der Waals surface area contributed by atoms with E-state index in [4.69, 9.17) is 9.47 Å². The summed E-state index contributed by atoms with van der Waals surface area (Å²) in [7, 11) is 0. The van der Waals surface area contributed by atoms with Crippen LogP contribution in [-0.2, 0) is 23.8 Å². The van der Waals surface area contributed by atoms with Crippen LogP contribution >= 0.6 is 0 Å². The van der Waals surface area contributed by atoms with E-state index in [0.717, 1.165) is 25.7 Å². The Bertz CT molecular complexity index is 581. The topological polar surface area (TPSA) is 85.4 Å². The van der Waals surface area contributed by atoms with Gasteiger partial charge in [-0.05, 0) is 44.9 Å². The van der Waals surface area contributed by atoms with Gasteiger partial charge in [-0.1, -0.05) is 56.2 Å². The van der Waals surface area contributed by atoms with Crippen LogP contribution < -0.4 is 0 Å². The molecule has 0 radical (unpaired) electrons. The Morgan fingerprint density at radius 1 is 0.903 bits per heavy atom. The molecular weight excluding hydrogens is 396 g/mol. The lowest BCUT2D eigenvalue weighted by molar-refractivity contribution is -0.151. The van der Waals surface area contributed by atoms with Crippen molar-refractivity contribution in [2.75, 3.05) is 13.2 Å². The fourth-order valence-electron chi connectivity index (χ4n) is 2.96. The largest absolute Gasteiger partial charge is 0.463 e. The Hall–Kier alpha value is -1.92. The first-order valence-corrected chi connectivity index (χ1v) is 11.6. The van der Waals surface area contributed by atoms with Gasteiger partial charge in [0.25, 0.3) is 0 Å². The Morgan fingerprint density at radius 3 is 2.23 bits per heavy atom. The molecule has 1 N–H and O–H groups in total. The molecule has 6 heteroatoms. The van der Waals surface area contributed by atoms with Gasteiger partial charge in [0.1, 0.15) is 19.3 Å². The van der Waals surface area contributed by atoms with Crippen molar-refractivity contribution in [3.8, 4) is 0 Å². The molecule has 0 aromatic carbocycles. The minimum Gasteiger partial charge on any atom is -0.463 e. The molecule has 176 valence electrons. The van der Waals surface area contributed by atoms with Gasteiger partial charge in [-0.25, -0.2) is 0 Å². The van der Waals surface area contributed by atoms with Gasteiger partial charge in [0.05, 0.1) is 12.2 Å². The van der Waals surface area contributed by atoms with Crippen LogP contribution in [-0.4, -0.2) is 48.6 Å². The van der Waals surface area contributed by atoms with Gasteiger partial charge in [-0.15, -0.1) is 0 Å². The normalized spacial score (nSPS) is 19.3. The van der Waals surface area contributed by atoms with Gasteiger partial charge < -0.3 is 19.3 Å². The highest BCUT2D eigenvalue weighted by atomic mass is 16.6. The molecule has 3 atom stereocenters. The summed E-state index contributed by atoms with van der Waals surface area (Å²) in [6.07, 6.45) is 22.5. The van der Waals surface area contributed by atoms with Gasteiger partial charge in [-0.2, -0.15) is 0 Å². The van der Waals surface area contributed by atoms with Crippen LogP contribution in [0.4, 0.5) is 0 Å². The molecule has 0 bridgehead atoms. The number of allylic oxidation sites excluding steroid dienone is 4. The number of aliphatic hydroxyl groups is 1. The van der Waals surface area contributed by atoms with E-state index in [0.29, 0.717) is 25.0 Å². The second-order valence-electron chi connectivity index (χ2n) is 7.86. The van der Waals surface area contributed by atoms with Crippen molar-refractivity contribution < 1.29 is 28.9 Å². The van der Waals surface area contributed by atoms with E-state index < -0.39 is 12.1 Å². The van der Waals surface area contributed by atoms with Crippen molar-refractivity contribution in [3.05, 3.63) is 36.5 Å². The zero-order valence-corrected chi connectivity index (χ0v) is 19.2. The maximum atomic E-state index is 11.6. The Labute approximate surface area is 187 Å². The van der Waals surface area contributed by atoms with E-state index in [-0.39, 0.29) is 19.2 Å². The summed E-state index contributed by atoms with van der Waals surface area (Å²) in [4.78, 5) is 22.2. The third kappa shape index (κ3) is 16.4. The maximum Gasteiger partial charge on any atom is 0.305 e. The molecule has 0 amide bonds. The van der Waals surface area contributed by atoms with E-state index in [9.17, 15) is 14.7 Å². The first-order valence-electron chi connectivity index (χ1n) is 11.6.